The number of rotatable bonds is 5. The summed E-state index contributed by atoms with van der Waals surface area (Å²) in [5, 5.41) is 9.11. The Morgan fingerprint density at radius 2 is 1.91 bits per heavy atom. The molecule has 0 aliphatic rings. The summed E-state index contributed by atoms with van der Waals surface area (Å²) in [6.07, 6.45) is 0. The zero-order chi connectivity index (χ0) is 16.3. The summed E-state index contributed by atoms with van der Waals surface area (Å²) in [6, 6.07) is 10.3. The molecule has 0 radical (unpaired) electrons. The highest BCUT2D eigenvalue weighted by Gasteiger charge is 2.22. The van der Waals surface area contributed by atoms with E-state index in [4.69, 9.17) is 9.84 Å². The van der Waals surface area contributed by atoms with Gasteiger partial charge in [0.1, 0.15) is 10.6 Å². The van der Waals surface area contributed by atoms with Crippen molar-refractivity contribution in [2.75, 3.05) is 11.8 Å². The Bertz CT molecular complexity index is 820. The maximum atomic E-state index is 12.5. The quantitative estimate of drug-likeness (QED) is 0.824. The number of methoxy groups -OCH3 is 1. The predicted molar refractivity (Wildman–Crippen MR) is 84.9 cm³/mol. The van der Waals surface area contributed by atoms with Crippen LogP contribution in [0.3, 0.4) is 0 Å². The highest BCUT2D eigenvalue weighted by atomic mass is 79.9. The second-order valence-corrected chi connectivity index (χ2v) is 6.82. The summed E-state index contributed by atoms with van der Waals surface area (Å²) in [5.74, 6) is -1.07. The first-order chi connectivity index (χ1) is 10.3. The number of benzene rings is 2. The topological polar surface area (TPSA) is 92.7 Å². The highest BCUT2D eigenvalue weighted by Crippen LogP contribution is 2.29. The summed E-state index contributed by atoms with van der Waals surface area (Å²) in [5.41, 5.74) is -0.155. The van der Waals surface area contributed by atoms with Crippen LogP contribution in [0.25, 0.3) is 0 Å². The van der Waals surface area contributed by atoms with Crippen LogP contribution in [0.4, 0.5) is 5.69 Å². The lowest BCUT2D eigenvalue weighted by Gasteiger charge is -2.13. The Morgan fingerprint density at radius 1 is 1.23 bits per heavy atom. The molecular weight excluding hydrogens is 374 g/mol. The lowest BCUT2D eigenvalue weighted by molar-refractivity contribution is 0.0698. The minimum Gasteiger partial charge on any atom is -0.495 e. The number of carbonyl (C=O) groups is 1. The van der Waals surface area contributed by atoms with Crippen molar-refractivity contribution >= 4 is 37.6 Å². The maximum Gasteiger partial charge on any atom is 0.337 e. The molecule has 22 heavy (non-hydrogen) atoms. The molecule has 0 heterocycles. The number of ether oxygens (including phenoxy) is 1. The number of aromatic carboxylic acids is 1. The summed E-state index contributed by atoms with van der Waals surface area (Å²) in [7, 11) is -2.65. The van der Waals surface area contributed by atoms with Crippen LogP contribution in [0.15, 0.2) is 51.8 Å². The summed E-state index contributed by atoms with van der Waals surface area (Å²) in [4.78, 5) is 11.1. The minimum atomic E-state index is -4.00. The summed E-state index contributed by atoms with van der Waals surface area (Å²) in [6.45, 7) is 0. The Balaban J connectivity index is 2.50. The van der Waals surface area contributed by atoms with Crippen LogP contribution >= 0.6 is 15.9 Å². The molecule has 0 fully saturated rings. The number of para-hydroxylation sites is 1. The summed E-state index contributed by atoms with van der Waals surface area (Å²) < 4.78 is 32.9. The fraction of sp³-hybridized carbons (Fsp3) is 0.0714. The van der Waals surface area contributed by atoms with Gasteiger partial charge >= 0.3 is 5.97 Å². The molecule has 0 aromatic heterocycles. The largest absolute Gasteiger partial charge is 0.495 e. The number of hydrogen-bond donors (Lipinski definition) is 2. The highest BCUT2D eigenvalue weighted by molar-refractivity contribution is 9.10. The number of hydrogen-bond acceptors (Lipinski definition) is 4. The average Bonchev–Trinajstić information content (AvgIpc) is 2.47. The number of carboxylic acids is 1. The van der Waals surface area contributed by atoms with Gasteiger partial charge in [-0.15, -0.1) is 0 Å². The SMILES string of the molecule is COc1ccc(Br)cc1S(=O)(=O)Nc1ccccc1C(=O)O. The van der Waals surface area contributed by atoms with Gasteiger partial charge in [-0.3, -0.25) is 4.72 Å². The second kappa shape index (κ2) is 6.37. The number of carboxylic acid groups (broad SMARTS) is 1. The summed E-state index contributed by atoms with van der Waals surface area (Å²) >= 11 is 3.20. The van der Waals surface area contributed by atoms with Crippen LogP contribution in [0.5, 0.6) is 5.75 Å². The first-order valence-corrected chi connectivity index (χ1v) is 8.31. The van der Waals surface area contributed by atoms with E-state index in [0.29, 0.717) is 4.47 Å². The van der Waals surface area contributed by atoms with Gasteiger partial charge in [-0.1, -0.05) is 28.1 Å². The third-order valence-corrected chi connectivity index (χ3v) is 4.70. The number of halogens is 1. The van der Waals surface area contributed by atoms with E-state index in [2.05, 4.69) is 20.7 Å². The minimum absolute atomic E-state index is 0.0166. The molecule has 0 aliphatic carbocycles. The van der Waals surface area contributed by atoms with Crippen molar-refractivity contribution in [3.05, 3.63) is 52.5 Å². The van der Waals surface area contributed by atoms with Gasteiger partial charge in [0, 0.05) is 4.47 Å². The lowest BCUT2D eigenvalue weighted by Crippen LogP contribution is -2.16. The van der Waals surface area contributed by atoms with Crippen LogP contribution in [0, 0.1) is 0 Å². The smallest absolute Gasteiger partial charge is 0.337 e. The van der Waals surface area contributed by atoms with E-state index in [9.17, 15) is 13.2 Å². The van der Waals surface area contributed by atoms with Gasteiger partial charge in [0.05, 0.1) is 18.4 Å². The molecular formula is C14H12BrNO5S. The number of sulfonamides is 1. The molecule has 2 aromatic carbocycles. The van der Waals surface area contributed by atoms with Gasteiger partial charge in [-0.2, -0.15) is 0 Å². The monoisotopic (exact) mass is 385 g/mol. The molecule has 0 spiro atoms. The molecule has 0 saturated carbocycles. The van der Waals surface area contributed by atoms with Crippen LogP contribution in [-0.2, 0) is 10.0 Å². The van der Waals surface area contributed by atoms with Crippen molar-refractivity contribution in [1.29, 1.82) is 0 Å². The normalized spacial score (nSPS) is 11.0. The first kappa shape index (κ1) is 16.3. The molecule has 2 rings (SSSR count). The number of anilines is 1. The fourth-order valence-electron chi connectivity index (χ4n) is 1.82. The Hall–Kier alpha value is -2.06. The molecule has 0 bridgehead atoms. The molecule has 0 atom stereocenters. The van der Waals surface area contributed by atoms with Crippen LogP contribution in [0.2, 0.25) is 0 Å². The third kappa shape index (κ3) is 3.40. The molecule has 6 nitrogen and oxygen atoms in total. The molecule has 2 N–H and O–H groups in total. The van der Waals surface area contributed by atoms with Crippen LogP contribution in [-0.4, -0.2) is 26.6 Å². The third-order valence-electron chi connectivity index (χ3n) is 2.82. The van der Waals surface area contributed by atoms with Crippen LogP contribution < -0.4 is 9.46 Å². The van der Waals surface area contributed by atoms with Crippen molar-refractivity contribution in [2.24, 2.45) is 0 Å². The van der Waals surface area contributed by atoms with E-state index in [0.717, 1.165) is 0 Å². The Labute approximate surface area is 135 Å². The van der Waals surface area contributed by atoms with Gasteiger partial charge in [0.25, 0.3) is 10.0 Å². The van der Waals surface area contributed by atoms with E-state index >= 15 is 0 Å². The molecule has 0 amide bonds. The zero-order valence-corrected chi connectivity index (χ0v) is 13.8. The van der Waals surface area contributed by atoms with E-state index in [-0.39, 0.29) is 21.9 Å². The number of nitrogens with one attached hydrogen (secondary N) is 1. The molecule has 116 valence electrons. The van der Waals surface area contributed by atoms with Gasteiger partial charge < -0.3 is 9.84 Å². The van der Waals surface area contributed by atoms with Crippen molar-refractivity contribution < 1.29 is 23.1 Å². The first-order valence-electron chi connectivity index (χ1n) is 6.04. The maximum absolute atomic E-state index is 12.5. The van der Waals surface area contributed by atoms with Gasteiger partial charge in [-0.05, 0) is 30.3 Å². The van der Waals surface area contributed by atoms with E-state index < -0.39 is 16.0 Å². The van der Waals surface area contributed by atoms with Crippen molar-refractivity contribution in [2.45, 2.75) is 4.90 Å². The van der Waals surface area contributed by atoms with Crippen LogP contribution in [0.1, 0.15) is 10.4 Å². The average molecular weight is 386 g/mol. The van der Waals surface area contributed by atoms with Crippen molar-refractivity contribution in [3.63, 3.8) is 0 Å². The fourth-order valence-corrected chi connectivity index (χ4v) is 3.61. The Kier molecular flexibility index (Phi) is 4.72. The van der Waals surface area contributed by atoms with Gasteiger partial charge in [0.2, 0.25) is 0 Å². The lowest BCUT2D eigenvalue weighted by atomic mass is 10.2. The van der Waals surface area contributed by atoms with Crippen molar-refractivity contribution in [1.82, 2.24) is 0 Å². The van der Waals surface area contributed by atoms with Gasteiger partial charge in [0.15, 0.2) is 0 Å². The standard InChI is InChI=1S/C14H12BrNO5S/c1-21-12-7-6-9(15)8-13(12)22(19,20)16-11-5-3-2-4-10(11)14(17)18/h2-8,16H,1H3,(H,17,18). The molecule has 2 aromatic rings. The predicted octanol–water partition coefficient (Wildman–Crippen LogP) is 2.96. The van der Waals surface area contributed by atoms with E-state index in [1.54, 1.807) is 12.1 Å². The molecule has 0 aliphatic heterocycles. The van der Waals surface area contributed by atoms with E-state index in [1.165, 1.54) is 37.4 Å². The Morgan fingerprint density at radius 3 is 2.55 bits per heavy atom. The van der Waals surface area contributed by atoms with Crippen molar-refractivity contribution in [3.8, 4) is 5.75 Å². The zero-order valence-electron chi connectivity index (χ0n) is 11.4. The molecule has 8 heteroatoms. The second-order valence-electron chi connectivity index (χ2n) is 4.25. The van der Waals surface area contributed by atoms with Gasteiger partial charge in [-0.25, -0.2) is 13.2 Å². The molecule has 0 saturated heterocycles. The van der Waals surface area contributed by atoms with E-state index in [1.807, 2.05) is 0 Å². The molecule has 0 unspecified atom stereocenters.